The van der Waals surface area contributed by atoms with Crippen molar-refractivity contribution in [2.24, 2.45) is 0 Å². The molecule has 0 saturated heterocycles. The maximum absolute atomic E-state index is 6.30. The van der Waals surface area contributed by atoms with Gasteiger partial charge >= 0.3 is 0 Å². The van der Waals surface area contributed by atoms with Crippen LogP contribution in [0.25, 0.3) is 0 Å². The molecule has 0 aliphatic rings. The first-order valence-electron chi connectivity index (χ1n) is 6.34. The summed E-state index contributed by atoms with van der Waals surface area (Å²) in [6.07, 6.45) is 1.68. The Balaban J connectivity index is 2.54. The molecule has 1 unspecified atom stereocenters. The minimum atomic E-state index is -0.0607. The van der Waals surface area contributed by atoms with Crippen LogP contribution in [0, 0.1) is 0 Å². The number of rotatable bonds is 5. The lowest BCUT2D eigenvalue weighted by molar-refractivity contribution is 0.413. The fraction of sp³-hybridized carbons (Fsp3) is 0.357. The summed E-state index contributed by atoms with van der Waals surface area (Å²) in [5.74, 6) is 0.808. The molecule has 6 heteroatoms. The molecule has 20 heavy (non-hydrogen) atoms. The fourth-order valence-corrected chi connectivity index (χ4v) is 2.95. The Hall–Kier alpha value is -1.04. The summed E-state index contributed by atoms with van der Waals surface area (Å²) in [6.45, 7) is 2.81. The van der Waals surface area contributed by atoms with Crippen molar-refractivity contribution in [3.8, 4) is 5.75 Å². The summed E-state index contributed by atoms with van der Waals surface area (Å²) in [5.41, 5.74) is 2.01. The van der Waals surface area contributed by atoms with E-state index in [1.54, 1.807) is 13.3 Å². The highest BCUT2D eigenvalue weighted by Gasteiger charge is 2.22. The van der Waals surface area contributed by atoms with E-state index in [2.05, 4.69) is 26.3 Å². The Morgan fingerprint density at radius 2 is 2.25 bits per heavy atom. The number of nitrogens with zero attached hydrogens (tertiary/aromatic N) is 2. The number of ether oxygens (including phenoxy) is 1. The standard InChI is InChI=1S/C14H17BrClN3O/c1-4-19-14(12(16)8-18-19)13(17-2)10-7-9(20-3)5-6-11(10)15/h5-8,13,17H,4H2,1-3H3. The summed E-state index contributed by atoms with van der Waals surface area (Å²) in [7, 11) is 3.56. The van der Waals surface area contributed by atoms with Crippen molar-refractivity contribution in [2.75, 3.05) is 14.2 Å². The van der Waals surface area contributed by atoms with Gasteiger partial charge in [0.15, 0.2) is 0 Å². The first-order chi connectivity index (χ1) is 9.62. The van der Waals surface area contributed by atoms with E-state index in [0.717, 1.165) is 28.0 Å². The minimum Gasteiger partial charge on any atom is -0.497 e. The van der Waals surface area contributed by atoms with E-state index in [9.17, 15) is 0 Å². The van der Waals surface area contributed by atoms with Gasteiger partial charge in [-0.05, 0) is 37.7 Å². The molecule has 0 bridgehead atoms. The van der Waals surface area contributed by atoms with Crippen molar-refractivity contribution in [3.63, 3.8) is 0 Å². The van der Waals surface area contributed by atoms with Crippen LogP contribution in [0.3, 0.4) is 0 Å². The van der Waals surface area contributed by atoms with Crippen LogP contribution in [0.4, 0.5) is 0 Å². The van der Waals surface area contributed by atoms with Crippen molar-refractivity contribution in [1.29, 1.82) is 0 Å². The first kappa shape index (κ1) is 15.4. The second kappa shape index (κ2) is 6.61. The van der Waals surface area contributed by atoms with Crippen LogP contribution in [-0.4, -0.2) is 23.9 Å². The Labute approximate surface area is 132 Å². The van der Waals surface area contributed by atoms with Crippen molar-refractivity contribution in [2.45, 2.75) is 19.5 Å². The van der Waals surface area contributed by atoms with Gasteiger partial charge < -0.3 is 10.1 Å². The highest BCUT2D eigenvalue weighted by atomic mass is 79.9. The molecule has 1 aromatic heterocycles. The fourth-order valence-electron chi connectivity index (χ4n) is 2.22. The van der Waals surface area contributed by atoms with E-state index in [0.29, 0.717) is 5.02 Å². The summed E-state index contributed by atoms with van der Waals surface area (Å²) in [4.78, 5) is 0. The number of hydrogen-bond acceptors (Lipinski definition) is 3. The van der Waals surface area contributed by atoms with Crippen LogP contribution in [0.1, 0.15) is 24.2 Å². The highest BCUT2D eigenvalue weighted by Crippen LogP contribution is 2.34. The normalized spacial score (nSPS) is 12.4. The zero-order valence-electron chi connectivity index (χ0n) is 11.7. The number of aromatic nitrogens is 2. The highest BCUT2D eigenvalue weighted by molar-refractivity contribution is 9.10. The van der Waals surface area contributed by atoms with Gasteiger partial charge in [-0.1, -0.05) is 27.5 Å². The van der Waals surface area contributed by atoms with Gasteiger partial charge in [0.25, 0.3) is 0 Å². The molecule has 0 saturated carbocycles. The van der Waals surface area contributed by atoms with Gasteiger partial charge in [-0.25, -0.2) is 0 Å². The Kier molecular flexibility index (Phi) is 5.07. The first-order valence-corrected chi connectivity index (χ1v) is 7.51. The molecule has 0 spiro atoms. The third kappa shape index (κ3) is 2.85. The maximum atomic E-state index is 6.30. The molecule has 1 atom stereocenters. The number of benzene rings is 1. The molecule has 2 aromatic rings. The molecule has 0 aliphatic heterocycles. The van der Waals surface area contributed by atoms with Crippen molar-refractivity contribution in [1.82, 2.24) is 15.1 Å². The van der Waals surface area contributed by atoms with Gasteiger partial charge in [0.1, 0.15) is 5.75 Å². The Morgan fingerprint density at radius 1 is 1.50 bits per heavy atom. The molecule has 0 radical (unpaired) electrons. The van der Waals surface area contributed by atoms with Crippen molar-refractivity contribution < 1.29 is 4.74 Å². The number of halogens is 2. The molecule has 1 heterocycles. The van der Waals surface area contributed by atoms with E-state index in [1.807, 2.05) is 36.9 Å². The Morgan fingerprint density at radius 3 is 2.85 bits per heavy atom. The molecule has 108 valence electrons. The minimum absolute atomic E-state index is 0.0607. The topological polar surface area (TPSA) is 39.1 Å². The summed E-state index contributed by atoms with van der Waals surface area (Å²) in [5, 5.41) is 8.25. The van der Waals surface area contributed by atoms with Crippen LogP contribution < -0.4 is 10.1 Å². The molecule has 0 amide bonds. The molecular weight excluding hydrogens is 342 g/mol. The Bertz CT molecular complexity index is 600. The number of aryl methyl sites for hydroxylation is 1. The zero-order chi connectivity index (χ0) is 14.7. The van der Waals surface area contributed by atoms with Crippen molar-refractivity contribution in [3.05, 3.63) is 45.1 Å². The second-order valence-corrected chi connectivity index (χ2v) is 5.56. The lowest BCUT2D eigenvalue weighted by Crippen LogP contribution is -2.22. The van der Waals surface area contributed by atoms with Gasteiger partial charge in [0.2, 0.25) is 0 Å². The van der Waals surface area contributed by atoms with E-state index in [4.69, 9.17) is 16.3 Å². The third-order valence-corrected chi connectivity index (χ3v) is 4.22. The van der Waals surface area contributed by atoms with Crippen molar-refractivity contribution >= 4 is 27.5 Å². The molecule has 0 aliphatic carbocycles. The van der Waals surface area contributed by atoms with Gasteiger partial charge in [-0.15, -0.1) is 0 Å². The molecule has 1 aromatic carbocycles. The van der Waals surface area contributed by atoms with Gasteiger partial charge in [0, 0.05) is 11.0 Å². The maximum Gasteiger partial charge on any atom is 0.119 e. The van der Waals surface area contributed by atoms with Crippen LogP contribution in [0.2, 0.25) is 5.02 Å². The number of nitrogens with one attached hydrogen (secondary N) is 1. The average molecular weight is 359 g/mol. The van der Waals surface area contributed by atoms with E-state index in [-0.39, 0.29) is 6.04 Å². The smallest absolute Gasteiger partial charge is 0.119 e. The molecular formula is C14H17BrClN3O. The number of methoxy groups -OCH3 is 1. The molecule has 0 fully saturated rings. The van der Waals surface area contributed by atoms with Crippen LogP contribution in [-0.2, 0) is 6.54 Å². The molecule has 4 nitrogen and oxygen atoms in total. The molecule has 2 rings (SSSR count). The quantitative estimate of drug-likeness (QED) is 0.887. The van der Waals surface area contributed by atoms with Gasteiger partial charge in [-0.3, -0.25) is 4.68 Å². The molecule has 1 N–H and O–H groups in total. The largest absolute Gasteiger partial charge is 0.497 e. The predicted molar refractivity (Wildman–Crippen MR) is 84.5 cm³/mol. The second-order valence-electron chi connectivity index (χ2n) is 4.30. The van der Waals surface area contributed by atoms with E-state index < -0.39 is 0 Å². The zero-order valence-corrected chi connectivity index (χ0v) is 14.0. The van der Waals surface area contributed by atoms with Crippen LogP contribution in [0.15, 0.2) is 28.9 Å². The van der Waals surface area contributed by atoms with Gasteiger partial charge in [0.05, 0.1) is 30.1 Å². The predicted octanol–water partition coefficient (Wildman–Crippen LogP) is 3.64. The van der Waals surface area contributed by atoms with Gasteiger partial charge in [-0.2, -0.15) is 5.10 Å². The van der Waals surface area contributed by atoms with E-state index >= 15 is 0 Å². The van der Waals surface area contributed by atoms with Crippen LogP contribution in [0.5, 0.6) is 5.75 Å². The summed E-state index contributed by atoms with van der Waals surface area (Å²) >= 11 is 9.89. The SMILES string of the molecule is CCn1ncc(Cl)c1C(NC)c1cc(OC)ccc1Br. The lowest BCUT2D eigenvalue weighted by Gasteiger charge is -2.20. The third-order valence-electron chi connectivity index (χ3n) is 3.21. The van der Waals surface area contributed by atoms with E-state index in [1.165, 1.54) is 0 Å². The average Bonchev–Trinajstić information content (AvgIpc) is 2.83. The summed E-state index contributed by atoms with van der Waals surface area (Å²) < 4.78 is 8.20. The van der Waals surface area contributed by atoms with Crippen LogP contribution >= 0.6 is 27.5 Å². The number of hydrogen-bond donors (Lipinski definition) is 1. The monoisotopic (exact) mass is 357 g/mol. The lowest BCUT2D eigenvalue weighted by atomic mass is 10.0. The summed E-state index contributed by atoms with van der Waals surface area (Å²) in [6, 6.07) is 5.82.